The largest absolute Gasteiger partial charge is 0.482 e. The Morgan fingerprint density at radius 2 is 1.96 bits per heavy atom. The zero-order valence-electron chi connectivity index (χ0n) is 12.4. The van der Waals surface area contributed by atoms with Crippen LogP contribution >= 0.6 is 23.2 Å². The molecule has 0 atom stereocenters. The van der Waals surface area contributed by atoms with Gasteiger partial charge >= 0.3 is 0 Å². The number of rotatable bonds is 5. The van der Waals surface area contributed by atoms with E-state index >= 15 is 0 Å². The van der Waals surface area contributed by atoms with Gasteiger partial charge in [0.25, 0.3) is 5.91 Å². The molecule has 0 radical (unpaired) electrons. The first-order valence-electron chi connectivity index (χ1n) is 7.09. The lowest BCUT2D eigenvalue weighted by Gasteiger charge is -2.09. The lowest BCUT2D eigenvalue weighted by atomic mass is 10.3. The van der Waals surface area contributed by atoms with Crippen molar-refractivity contribution in [2.24, 2.45) is 0 Å². The highest BCUT2D eigenvalue weighted by Crippen LogP contribution is 2.27. The van der Waals surface area contributed by atoms with E-state index in [1.165, 1.54) is 0 Å². The van der Waals surface area contributed by atoms with E-state index in [9.17, 15) is 4.79 Å². The average Bonchev–Trinajstić information content (AvgIpc) is 3.09. The van der Waals surface area contributed by atoms with E-state index in [0.717, 1.165) is 5.69 Å². The minimum Gasteiger partial charge on any atom is -0.482 e. The molecule has 0 aliphatic carbocycles. The Labute approximate surface area is 148 Å². The molecule has 24 heavy (non-hydrogen) atoms. The van der Waals surface area contributed by atoms with E-state index in [4.69, 9.17) is 27.9 Å². The number of hydrogen-bond donors (Lipinski definition) is 1. The third kappa shape index (κ3) is 4.07. The quantitative estimate of drug-likeness (QED) is 0.740. The minimum absolute atomic E-state index is 0.151. The predicted molar refractivity (Wildman–Crippen MR) is 94.2 cm³/mol. The zero-order chi connectivity index (χ0) is 16.9. The van der Waals surface area contributed by atoms with Gasteiger partial charge in [0, 0.05) is 23.1 Å². The second-order valence-corrected chi connectivity index (χ2v) is 5.75. The summed E-state index contributed by atoms with van der Waals surface area (Å²) in [5, 5.41) is 7.76. The Morgan fingerprint density at radius 3 is 2.62 bits per heavy atom. The number of carbonyl (C=O) groups excluding carboxylic acids is 1. The first-order chi connectivity index (χ1) is 11.6. The van der Waals surface area contributed by atoms with Crippen LogP contribution in [0.15, 0.2) is 60.9 Å². The highest BCUT2D eigenvalue weighted by atomic mass is 35.5. The summed E-state index contributed by atoms with van der Waals surface area (Å²) < 4.78 is 7.13. The van der Waals surface area contributed by atoms with Crippen molar-refractivity contribution >= 4 is 34.8 Å². The van der Waals surface area contributed by atoms with Crippen molar-refractivity contribution in [1.82, 2.24) is 9.78 Å². The van der Waals surface area contributed by atoms with Gasteiger partial charge in [-0.2, -0.15) is 5.10 Å². The summed E-state index contributed by atoms with van der Waals surface area (Å²) in [5.41, 5.74) is 1.57. The monoisotopic (exact) mass is 361 g/mol. The number of nitrogens with zero attached hydrogens (tertiary/aromatic N) is 2. The summed E-state index contributed by atoms with van der Waals surface area (Å²) >= 11 is 11.8. The molecule has 0 aliphatic rings. The van der Waals surface area contributed by atoms with Gasteiger partial charge in [0.1, 0.15) is 5.75 Å². The van der Waals surface area contributed by atoms with Gasteiger partial charge in [-0.15, -0.1) is 0 Å². The van der Waals surface area contributed by atoms with Gasteiger partial charge in [-0.1, -0.05) is 23.2 Å². The molecule has 0 spiro atoms. The predicted octanol–water partition coefficient (Wildman–Crippen LogP) is 4.20. The highest BCUT2D eigenvalue weighted by Gasteiger charge is 2.07. The van der Waals surface area contributed by atoms with Gasteiger partial charge in [0.2, 0.25) is 0 Å². The number of nitrogens with one attached hydrogen (secondary N) is 1. The van der Waals surface area contributed by atoms with Crippen LogP contribution in [-0.2, 0) is 4.79 Å². The van der Waals surface area contributed by atoms with Crippen LogP contribution in [0, 0.1) is 0 Å². The third-order valence-corrected chi connectivity index (χ3v) is 3.70. The maximum Gasteiger partial charge on any atom is 0.262 e. The van der Waals surface area contributed by atoms with E-state index in [1.54, 1.807) is 41.2 Å². The summed E-state index contributed by atoms with van der Waals surface area (Å²) in [4.78, 5) is 12.0. The second-order valence-electron chi connectivity index (χ2n) is 4.91. The van der Waals surface area contributed by atoms with Crippen LogP contribution in [-0.4, -0.2) is 22.3 Å². The molecule has 7 heteroatoms. The molecule has 0 saturated carbocycles. The van der Waals surface area contributed by atoms with Crippen LogP contribution in [0.25, 0.3) is 5.69 Å². The third-order valence-electron chi connectivity index (χ3n) is 3.17. The SMILES string of the molecule is O=C(COc1ccc(Cl)cc1Cl)Nc1ccc(-n2cccn2)cc1. The molecule has 1 heterocycles. The molecule has 0 unspecified atom stereocenters. The molecule has 0 bridgehead atoms. The van der Waals surface area contributed by atoms with Crippen LogP contribution in [0.3, 0.4) is 0 Å². The van der Waals surface area contributed by atoms with Crippen molar-refractivity contribution in [3.05, 3.63) is 71.0 Å². The van der Waals surface area contributed by atoms with E-state index in [1.807, 2.05) is 24.4 Å². The summed E-state index contributed by atoms with van der Waals surface area (Å²) in [6.45, 7) is -0.151. The van der Waals surface area contributed by atoms with Gasteiger partial charge in [0.15, 0.2) is 6.61 Å². The lowest BCUT2D eigenvalue weighted by Crippen LogP contribution is -2.20. The van der Waals surface area contributed by atoms with Gasteiger partial charge in [0.05, 0.1) is 10.7 Å². The lowest BCUT2D eigenvalue weighted by molar-refractivity contribution is -0.118. The second kappa shape index (κ2) is 7.38. The maximum atomic E-state index is 12.0. The fourth-order valence-electron chi connectivity index (χ4n) is 2.05. The molecule has 2 aromatic carbocycles. The molecule has 3 rings (SSSR count). The van der Waals surface area contributed by atoms with Gasteiger partial charge in [-0.3, -0.25) is 4.79 Å². The average molecular weight is 362 g/mol. The highest BCUT2D eigenvalue weighted by molar-refractivity contribution is 6.35. The van der Waals surface area contributed by atoms with Gasteiger partial charge in [-0.05, 0) is 48.5 Å². The smallest absolute Gasteiger partial charge is 0.262 e. The van der Waals surface area contributed by atoms with Crippen LogP contribution in [0.5, 0.6) is 5.75 Å². The van der Waals surface area contributed by atoms with E-state index in [0.29, 0.717) is 21.5 Å². The van der Waals surface area contributed by atoms with Crippen molar-refractivity contribution in [3.8, 4) is 11.4 Å². The maximum absolute atomic E-state index is 12.0. The summed E-state index contributed by atoms with van der Waals surface area (Å²) in [6.07, 6.45) is 3.55. The van der Waals surface area contributed by atoms with E-state index in [2.05, 4.69) is 10.4 Å². The fourth-order valence-corrected chi connectivity index (χ4v) is 2.51. The molecule has 5 nitrogen and oxygen atoms in total. The number of halogens is 2. The van der Waals surface area contributed by atoms with Crippen molar-refractivity contribution in [3.63, 3.8) is 0 Å². The molecule has 0 fully saturated rings. The Morgan fingerprint density at radius 1 is 1.17 bits per heavy atom. The van der Waals surface area contributed by atoms with E-state index < -0.39 is 0 Å². The van der Waals surface area contributed by atoms with Crippen molar-refractivity contribution < 1.29 is 9.53 Å². The minimum atomic E-state index is -0.284. The molecule has 3 aromatic rings. The Bertz CT molecular complexity index is 834. The summed E-state index contributed by atoms with van der Waals surface area (Å²) in [5.74, 6) is 0.123. The number of amides is 1. The molecular weight excluding hydrogens is 349 g/mol. The number of aromatic nitrogens is 2. The Kier molecular flexibility index (Phi) is 5.03. The van der Waals surface area contributed by atoms with Crippen LogP contribution in [0.1, 0.15) is 0 Å². The van der Waals surface area contributed by atoms with Crippen LogP contribution in [0.4, 0.5) is 5.69 Å². The number of carbonyl (C=O) groups is 1. The van der Waals surface area contributed by atoms with Gasteiger partial charge < -0.3 is 10.1 Å². The molecule has 1 amide bonds. The normalized spacial score (nSPS) is 10.4. The van der Waals surface area contributed by atoms with Gasteiger partial charge in [-0.25, -0.2) is 4.68 Å². The summed E-state index contributed by atoms with van der Waals surface area (Å²) in [7, 11) is 0. The number of anilines is 1. The molecule has 1 N–H and O–H groups in total. The van der Waals surface area contributed by atoms with E-state index in [-0.39, 0.29) is 12.5 Å². The Balaban J connectivity index is 1.56. The molecule has 122 valence electrons. The fraction of sp³-hybridized carbons (Fsp3) is 0.0588. The van der Waals surface area contributed by atoms with Crippen LogP contribution in [0.2, 0.25) is 10.0 Å². The van der Waals surface area contributed by atoms with Crippen LogP contribution < -0.4 is 10.1 Å². The molecular formula is C17H13Cl2N3O2. The number of benzene rings is 2. The van der Waals surface area contributed by atoms with Crippen molar-refractivity contribution in [1.29, 1.82) is 0 Å². The standard InChI is InChI=1S/C17H13Cl2N3O2/c18-12-2-7-16(15(19)10-12)24-11-17(23)21-13-3-5-14(6-4-13)22-9-1-8-20-22/h1-10H,11H2,(H,21,23). The topological polar surface area (TPSA) is 56.1 Å². The zero-order valence-corrected chi connectivity index (χ0v) is 14.0. The summed E-state index contributed by atoms with van der Waals surface area (Å²) in [6, 6.07) is 14.0. The molecule has 0 saturated heterocycles. The number of hydrogen-bond acceptors (Lipinski definition) is 3. The Hall–Kier alpha value is -2.50. The van der Waals surface area contributed by atoms with Crippen molar-refractivity contribution in [2.75, 3.05) is 11.9 Å². The molecule has 0 aliphatic heterocycles. The first kappa shape index (κ1) is 16.4. The first-order valence-corrected chi connectivity index (χ1v) is 7.85. The number of ether oxygens (including phenoxy) is 1. The molecule has 1 aromatic heterocycles. The van der Waals surface area contributed by atoms with Crippen molar-refractivity contribution in [2.45, 2.75) is 0 Å².